The Kier molecular flexibility index (Phi) is 2.94. The number of carbonyl (C=O) groups is 1. The molecule has 3 aromatic heterocycles. The van der Waals surface area contributed by atoms with E-state index in [0.717, 1.165) is 16.7 Å². The molecule has 2 N–H and O–H groups in total. The Hall–Kier alpha value is -2.70. The summed E-state index contributed by atoms with van der Waals surface area (Å²) in [5.74, 6) is 0.531. The second kappa shape index (κ2) is 4.76. The van der Waals surface area contributed by atoms with E-state index >= 15 is 0 Å². The maximum absolute atomic E-state index is 12.1. The van der Waals surface area contributed by atoms with Crippen molar-refractivity contribution in [3.8, 4) is 0 Å². The highest BCUT2D eigenvalue weighted by Gasteiger charge is 2.11. The summed E-state index contributed by atoms with van der Waals surface area (Å²) in [5, 5.41) is 7.96. The number of fused-ring (bicyclic) bond motifs is 1. The maximum Gasteiger partial charge on any atom is 0.253 e. The molecule has 0 aliphatic heterocycles. The molecule has 0 saturated carbocycles. The van der Waals surface area contributed by atoms with Gasteiger partial charge in [-0.2, -0.15) is 5.10 Å². The maximum atomic E-state index is 12.1. The van der Waals surface area contributed by atoms with Crippen LogP contribution >= 0.6 is 0 Å². The zero-order chi connectivity index (χ0) is 14.1. The van der Waals surface area contributed by atoms with Crippen LogP contribution in [0.25, 0.3) is 11.0 Å². The van der Waals surface area contributed by atoms with E-state index in [1.165, 1.54) is 0 Å². The number of nitrogens with one attached hydrogen (secondary N) is 2. The van der Waals surface area contributed by atoms with E-state index in [4.69, 9.17) is 0 Å². The molecule has 0 saturated heterocycles. The summed E-state index contributed by atoms with van der Waals surface area (Å²) in [6.45, 7) is 2.25. The van der Waals surface area contributed by atoms with Crippen LogP contribution in [0.4, 0.5) is 0 Å². The van der Waals surface area contributed by atoms with Crippen LogP contribution in [-0.2, 0) is 13.6 Å². The number of pyridine rings is 1. The molecule has 0 fully saturated rings. The Bertz CT molecular complexity index is 759. The fourth-order valence-electron chi connectivity index (χ4n) is 2.09. The number of hydrogen-bond donors (Lipinski definition) is 2. The fraction of sp³-hybridized carbons (Fsp3) is 0.231. The van der Waals surface area contributed by atoms with E-state index < -0.39 is 0 Å². The van der Waals surface area contributed by atoms with E-state index in [0.29, 0.717) is 17.9 Å². The normalized spacial score (nSPS) is 10.9. The lowest BCUT2D eigenvalue weighted by Gasteiger charge is -2.03. The van der Waals surface area contributed by atoms with Crippen molar-refractivity contribution in [2.45, 2.75) is 13.5 Å². The van der Waals surface area contributed by atoms with Crippen LogP contribution in [0.5, 0.6) is 0 Å². The second-order valence-electron chi connectivity index (χ2n) is 4.52. The third-order valence-corrected chi connectivity index (χ3v) is 3.10. The zero-order valence-electron chi connectivity index (χ0n) is 11.2. The Labute approximate surface area is 115 Å². The van der Waals surface area contributed by atoms with Crippen molar-refractivity contribution in [2.24, 2.45) is 7.05 Å². The lowest BCUT2D eigenvalue weighted by atomic mass is 10.2. The lowest BCUT2D eigenvalue weighted by molar-refractivity contribution is 0.0950. The average Bonchev–Trinajstić information content (AvgIpc) is 3.05. The molecule has 7 nitrogen and oxygen atoms in total. The van der Waals surface area contributed by atoms with Gasteiger partial charge in [0.05, 0.1) is 17.8 Å². The van der Waals surface area contributed by atoms with Gasteiger partial charge in [-0.1, -0.05) is 0 Å². The van der Waals surface area contributed by atoms with Crippen LogP contribution in [-0.4, -0.2) is 30.6 Å². The van der Waals surface area contributed by atoms with Gasteiger partial charge in [-0.15, -0.1) is 0 Å². The first-order chi connectivity index (χ1) is 9.65. The molecule has 0 unspecified atom stereocenters. The first-order valence-corrected chi connectivity index (χ1v) is 6.21. The minimum absolute atomic E-state index is 0.181. The minimum Gasteiger partial charge on any atom is -0.347 e. The van der Waals surface area contributed by atoms with Gasteiger partial charge in [0.15, 0.2) is 5.65 Å². The van der Waals surface area contributed by atoms with Crippen molar-refractivity contribution in [2.75, 3.05) is 0 Å². The number of carbonyl (C=O) groups excluding carboxylic acids is 1. The average molecular weight is 270 g/mol. The molecule has 0 aliphatic rings. The standard InChI is InChI=1S/C13H14N6O/c1-8-10-5-9(6-16-12(10)19(2)18-8)13(20)17-7-11-14-3-4-15-11/h3-6H,7H2,1-2H3,(H,14,15)(H,17,20). The Morgan fingerprint density at radius 2 is 2.30 bits per heavy atom. The molecular weight excluding hydrogens is 256 g/mol. The zero-order valence-corrected chi connectivity index (χ0v) is 11.2. The Morgan fingerprint density at radius 3 is 3.05 bits per heavy atom. The van der Waals surface area contributed by atoms with Gasteiger partial charge in [0.1, 0.15) is 5.82 Å². The van der Waals surface area contributed by atoms with Crippen LogP contribution in [0.1, 0.15) is 21.9 Å². The number of hydrogen-bond acceptors (Lipinski definition) is 4. The molecule has 1 amide bonds. The number of aromatic nitrogens is 5. The third kappa shape index (κ3) is 2.13. The van der Waals surface area contributed by atoms with Gasteiger partial charge >= 0.3 is 0 Å². The summed E-state index contributed by atoms with van der Waals surface area (Å²) in [7, 11) is 1.83. The summed E-state index contributed by atoms with van der Waals surface area (Å²) in [6.07, 6.45) is 4.92. The Balaban J connectivity index is 1.82. The van der Waals surface area contributed by atoms with Crippen LogP contribution in [0, 0.1) is 6.92 Å². The molecule has 3 heterocycles. The van der Waals surface area contributed by atoms with Gasteiger partial charge in [0.25, 0.3) is 5.91 Å². The van der Waals surface area contributed by atoms with Crippen molar-refractivity contribution < 1.29 is 4.79 Å². The van der Waals surface area contributed by atoms with Gasteiger partial charge in [-0.05, 0) is 13.0 Å². The highest BCUT2D eigenvalue weighted by molar-refractivity contribution is 5.97. The molecule has 3 rings (SSSR count). The SMILES string of the molecule is Cc1nn(C)c2ncc(C(=O)NCc3ncc[nH]3)cc12. The molecule has 0 aromatic carbocycles. The smallest absolute Gasteiger partial charge is 0.253 e. The van der Waals surface area contributed by atoms with Crippen molar-refractivity contribution in [1.82, 2.24) is 30.0 Å². The first kappa shape index (κ1) is 12.3. The van der Waals surface area contributed by atoms with Crippen LogP contribution in [0.3, 0.4) is 0 Å². The molecule has 0 bridgehead atoms. The highest BCUT2D eigenvalue weighted by Crippen LogP contribution is 2.16. The van der Waals surface area contributed by atoms with Crippen LogP contribution in [0.2, 0.25) is 0 Å². The first-order valence-electron chi connectivity index (χ1n) is 6.21. The van der Waals surface area contributed by atoms with Crippen molar-refractivity contribution in [1.29, 1.82) is 0 Å². The highest BCUT2D eigenvalue weighted by atomic mass is 16.1. The number of rotatable bonds is 3. The van der Waals surface area contributed by atoms with Gasteiger partial charge in [0, 0.05) is 31.0 Å². The topological polar surface area (TPSA) is 88.5 Å². The van der Waals surface area contributed by atoms with Crippen LogP contribution < -0.4 is 5.32 Å². The molecule has 0 aliphatic carbocycles. The summed E-state index contributed by atoms with van der Waals surface area (Å²) in [4.78, 5) is 23.3. The molecule has 20 heavy (non-hydrogen) atoms. The summed E-state index contributed by atoms with van der Waals surface area (Å²) < 4.78 is 1.70. The molecule has 0 atom stereocenters. The molecule has 0 radical (unpaired) electrons. The van der Waals surface area contributed by atoms with Crippen molar-refractivity contribution in [3.05, 3.63) is 41.7 Å². The molecule has 3 aromatic rings. The van der Waals surface area contributed by atoms with Gasteiger partial charge in [-0.25, -0.2) is 9.97 Å². The number of aromatic amines is 1. The number of imidazole rings is 1. The number of aryl methyl sites for hydroxylation is 2. The second-order valence-corrected chi connectivity index (χ2v) is 4.52. The number of nitrogens with zero attached hydrogens (tertiary/aromatic N) is 4. The fourth-order valence-corrected chi connectivity index (χ4v) is 2.09. The van der Waals surface area contributed by atoms with Gasteiger partial charge < -0.3 is 10.3 Å². The molecule has 0 spiro atoms. The van der Waals surface area contributed by atoms with E-state index in [9.17, 15) is 4.79 Å². The van der Waals surface area contributed by atoms with E-state index in [-0.39, 0.29) is 5.91 Å². The van der Waals surface area contributed by atoms with E-state index in [1.54, 1.807) is 23.3 Å². The van der Waals surface area contributed by atoms with Crippen LogP contribution in [0.15, 0.2) is 24.7 Å². The number of H-pyrrole nitrogens is 1. The van der Waals surface area contributed by atoms with Crippen molar-refractivity contribution >= 4 is 16.9 Å². The quantitative estimate of drug-likeness (QED) is 0.741. The third-order valence-electron chi connectivity index (χ3n) is 3.10. The predicted molar refractivity (Wildman–Crippen MR) is 73.0 cm³/mol. The molecule has 102 valence electrons. The Morgan fingerprint density at radius 1 is 1.45 bits per heavy atom. The predicted octanol–water partition coefficient (Wildman–Crippen LogP) is 0.930. The van der Waals surface area contributed by atoms with E-state index in [2.05, 4.69) is 25.4 Å². The van der Waals surface area contributed by atoms with Gasteiger partial charge in [0.2, 0.25) is 0 Å². The largest absolute Gasteiger partial charge is 0.347 e. The monoisotopic (exact) mass is 270 g/mol. The molecular formula is C13H14N6O. The van der Waals surface area contributed by atoms with Gasteiger partial charge in [-0.3, -0.25) is 9.48 Å². The lowest BCUT2D eigenvalue weighted by Crippen LogP contribution is -2.23. The summed E-state index contributed by atoms with van der Waals surface area (Å²) in [6, 6.07) is 1.81. The minimum atomic E-state index is -0.181. The molecule has 7 heteroatoms. The van der Waals surface area contributed by atoms with Crippen molar-refractivity contribution in [3.63, 3.8) is 0 Å². The summed E-state index contributed by atoms with van der Waals surface area (Å²) >= 11 is 0. The number of amides is 1. The summed E-state index contributed by atoms with van der Waals surface area (Å²) in [5.41, 5.74) is 2.14. The van der Waals surface area contributed by atoms with E-state index in [1.807, 2.05) is 20.0 Å².